The van der Waals surface area contributed by atoms with Gasteiger partial charge < -0.3 is 13.9 Å². The van der Waals surface area contributed by atoms with E-state index in [9.17, 15) is 0 Å². The van der Waals surface area contributed by atoms with Crippen LogP contribution in [0.1, 0.15) is 0 Å². The molecule has 0 fully saturated rings. The Bertz CT molecular complexity index is 3220. The van der Waals surface area contributed by atoms with Crippen LogP contribution in [0.25, 0.3) is 83.1 Å². The molecular weight excluding hydrogens is 695 g/mol. The first kappa shape index (κ1) is 32.7. The van der Waals surface area contributed by atoms with Gasteiger partial charge in [0.1, 0.15) is 5.52 Å². The maximum absolute atomic E-state index is 6.43. The van der Waals surface area contributed by atoms with Gasteiger partial charge in [0.2, 0.25) is 5.89 Å². The lowest BCUT2D eigenvalue weighted by molar-refractivity contribution is 0.621. The molecule has 0 unspecified atom stereocenters. The van der Waals surface area contributed by atoms with Gasteiger partial charge in [-0.2, -0.15) is 0 Å². The van der Waals surface area contributed by atoms with Crippen LogP contribution in [0.5, 0.6) is 0 Å². The fourth-order valence-electron chi connectivity index (χ4n) is 8.35. The third-order valence-electron chi connectivity index (χ3n) is 11.0. The largest absolute Gasteiger partial charge is 0.435 e. The molecule has 4 heteroatoms. The topological polar surface area (TPSA) is 34.2 Å². The van der Waals surface area contributed by atoms with Crippen molar-refractivity contribution in [2.45, 2.75) is 0 Å². The summed E-state index contributed by atoms with van der Waals surface area (Å²) >= 11 is 0. The third-order valence-corrected chi connectivity index (χ3v) is 11.0. The molecule has 0 atom stereocenters. The number of rotatable bonds is 7. The van der Waals surface area contributed by atoms with Gasteiger partial charge in [-0.3, -0.25) is 0 Å². The van der Waals surface area contributed by atoms with Gasteiger partial charge in [0.15, 0.2) is 5.58 Å². The molecule has 2 heterocycles. The lowest BCUT2D eigenvalue weighted by atomic mass is 10.0. The van der Waals surface area contributed by atoms with Crippen LogP contribution in [-0.4, -0.2) is 9.55 Å². The van der Waals surface area contributed by atoms with Crippen LogP contribution >= 0.6 is 0 Å². The Morgan fingerprint density at radius 3 is 1.88 bits per heavy atom. The first-order chi connectivity index (χ1) is 28.3. The normalized spacial score (nSPS) is 11.5. The van der Waals surface area contributed by atoms with E-state index in [1.807, 2.05) is 36.4 Å². The zero-order valence-corrected chi connectivity index (χ0v) is 31.0. The quantitative estimate of drug-likeness (QED) is 0.164. The molecule has 0 radical (unpaired) electrons. The Morgan fingerprint density at radius 1 is 0.421 bits per heavy atom. The smallest absolute Gasteiger partial charge is 0.227 e. The Balaban J connectivity index is 1.10. The van der Waals surface area contributed by atoms with Gasteiger partial charge in [-0.15, -0.1) is 0 Å². The van der Waals surface area contributed by atoms with E-state index in [1.165, 1.54) is 38.1 Å². The van der Waals surface area contributed by atoms with E-state index >= 15 is 0 Å². The summed E-state index contributed by atoms with van der Waals surface area (Å²) in [4.78, 5) is 7.21. The van der Waals surface area contributed by atoms with Crippen LogP contribution in [0.4, 0.5) is 17.1 Å². The van der Waals surface area contributed by atoms with Gasteiger partial charge in [0.05, 0.1) is 11.0 Å². The van der Waals surface area contributed by atoms with Crippen LogP contribution in [0, 0.1) is 0 Å². The van der Waals surface area contributed by atoms with Crippen molar-refractivity contribution < 1.29 is 4.42 Å². The highest BCUT2D eigenvalue weighted by Gasteiger charge is 2.20. The van der Waals surface area contributed by atoms with Crippen molar-refractivity contribution in [3.8, 4) is 39.4 Å². The predicted octanol–water partition coefficient (Wildman–Crippen LogP) is 14.5. The Labute approximate surface area is 330 Å². The molecule has 0 saturated carbocycles. The summed E-state index contributed by atoms with van der Waals surface area (Å²) in [6, 6.07) is 75.3. The number of para-hydroxylation sites is 2. The van der Waals surface area contributed by atoms with Gasteiger partial charge >= 0.3 is 0 Å². The zero-order valence-electron chi connectivity index (χ0n) is 31.0. The average Bonchev–Trinajstić information content (AvgIpc) is 3.88. The second kappa shape index (κ2) is 13.6. The number of anilines is 3. The van der Waals surface area contributed by atoms with Crippen LogP contribution in [0.2, 0.25) is 0 Å². The molecule has 0 bridgehead atoms. The SMILES string of the molecule is c1ccc(-c2cccc(N(c3ccc(-c4cccc5nc(-c6ccccc6)oc45)cc3)c3ccc4c(c3)c3c5ccccc5ccc3n4-c3ccccc3)c2)cc1. The summed E-state index contributed by atoms with van der Waals surface area (Å²) in [5.41, 5.74) is 13.7. The minimum atomic E-state index is 0.621. The lowest BCUT2D eigenvalue weighted by Crippen LogP contribution is -2.10. The van der Waals surface area contributed by atoms with Crippen LogP contribution in [-0.2, 0) is 0 Å². The van der Waals surface area contributed by atoms with Crippen molar-refractivity contribution in [2.24, 2.45) is 0 Å². The highest BCUT2D eigenvalue weighted by atomic mass is 16.3. The lowest BCUT2D eigenvalue weighted by Gasteiger charge is -2.26. The zero-order chi connectivity index (χ0) is 37.7. The highest BCUT2D eigenvalue weighted by molar-refractivity contribution is 6.22. The average molecular weight is 730 g/mol. The summed E-state index contributed by atoms with van der Waals surface area (Å²) in [6.45, 7) is 0. The monoisotopic (exact) mass is 729 g/mol. The van der Waals surface area contributed by atoms with E-state index in [4.69, 9.17) is 9.40 Å². The minimum absolute atomic E-state index is 0.621. The second-order valence-corrected chi connectivity index (χ2v) is 14.4. The molecule has 0 aliphatic heterocycles. The first-order valence-corrected chi connectivity index (χ1v) is 19.3. The summed E-state index contributed by atoms with van der Waals surface area (Å²) < 4.78 is 8.82. The number of nitrogens with zero attached hydrogens (tertiary/aromatic N) is 3. The van der Waals surface area contributed by atoms with Gasteiger partial charge in [-0.25, -0.2) is 4.98 Å². The van der Waals surface area contributed by atoms with Gasteiger partial charge in [0.25, 0.3) is 0 Å². The number of hydrogen-bond acceptors (Lipinski definition) is 3. The maximum Gasteiger partial charge on any atom is 0.227 e. The van der Waals surface area contributed by atoms with E-state index in [-0.39, 0.29) is 0 Å². The fourth-order valence-corrected chi connectivity index (χ4v) is 8.35. The molecule has 2 aromatic heterocycles. The Morgan fingerprint density at radius 2 is 1.07 bits per heavy atom. The fraction of sp³-hybridized carbons (Fsp3) is 0. The van der Waals surface area contributed by atoms with E-state index < -0.39 is 0 Å². The van der Waals surface area contributed by atoms with Crippen molar-refractivity contribution >= 4 is 60.7 Å². The third kappa shape index (κ3) is 5.66. The summed E-state index contributed by atoms with van der Waals surface area (Å²) in [6.07, 6.45) is 0. The van der Waals surface area contributed by atoms with E-state index in [2.05, 4.69) is 185 Å². The van der Waals surface area contributed by atoms with Crippen molar-refractivity contribution in [2.75, 3.05) is 4.90 Å². The van der Waals surface area contributed by atoms with Crippen LogP contribution in [0.15, 0.2) is 217 Å². The summed E-state index contributed by atoms with van der Waals surface area (Å²) in [5.74, 6) is 0.621. The molecule has 4 nitrogen and oxygen atoms in total. The van der Waals surface area contributed by atoms with E-state index in [0.717, 1.165) is 56.1 Å². The first-order valence-electron chi connectivity index (χ1n) is 19.3. The summed E-state index contributed by atoms with van der Waals surface area (Å²) in [7, 11) is 0. The van der Waals surface area contributed by atoms with Crippen molar-refractivity contribution in [3.05, 3.63) is 212 Å². The van der Waals surface area contributed by atoms with Gasteiger partial charge in [-0.05, 0) is 106 Å². The van der Waals surface area contributed by atoms with E-state index in [0.29, 0.717) is 5.89 Å². The molecule has 11 aromatic rings. The molecular formula is C53H35N3O. The molecule has 0 saturated heterocycles. The molecule has 11 rings (SSSR count). The van der Waals surface area contributed by atoms with Crippen LogP contribution < -0.4 is 4.90 Å². The molecule has 0 N–H and O–H groups in total. The number of benzene rings is 9. The number of oxazole rings is 1. The van der Waals surface area contributed by atoms with Crippen molar-refractivity contribution in [3.63, 3.8) is 0 Å². The number of hydrogen-bond donors (Lipinski definition) is 0. The molecule has 0 spiro atoms. The van der Waals surface area contributed by atoms with Gasteiger partial charge in [0, 0.05) is 44.6 Å². The molecule has 9 aromatic carbocycles. The van der Waals surface area contributed by atoms with E-state index in [1.54, 1.807) is 0 Å². The minimum Gasteiger partial charge on any atom is -0.435 e. The second-order valence-electron chi connectivity index (χ2n) is 14.4. The van der Waals surface area contributed by atoms with Crippen molar-refractivity contribution in [1.82, 2.24) is 9.55 Å². The van der Waals surface area contributed by atoms with Crippen LogP contribution in [0.3, 0.4) is 0 Å². The molecule has 0 aliphatic carbocycles. The molecule has 268 valence electrons. The summed E-state index contributed by atoms with van der Waals surface area (Å²) in [5, 5.41) is 4.92. The molecule has 0 amide bonds. The highest BCUT2D eigenvalue weighted by Crippen LogP contribution is 2.43. The van der Waals surface area contributed by atoms with Crippen molar-refractivity contribution in [1.29, 1.82) is 0 Å². The van der Waals surface area contributed by atoms with Gasteiger partial charge in [-0.1, -0.05) is 133 Å². The number of fused-ring (bicyclic) bond motifs is 6. The Hall–Kier alpha value is -7.69. The standard InChI is InChI=1S/C53H35N3O/c1-4-14-36(15-5-1)40-19-12-22-43(34-40)55(42-29-26-38(27-30-42)46-24-13-25-48-52(46)57-53(54-48)39-17-6-2-7-18-39)44-31-33-49-47(35-44)51-45-23-11-10-16-37(45)28-32-50(51)56(49)41-20-8-3-9-21-41/h1-35H. The Kier molecular flexibility index (Phi) is 7.78. The number of aromatic nitrogens is 2. The maximum atomic E-state index is 6.43. The molecule has 0 aliphatic rings. The predicted molar refractivity (Wildman–Crippen MR) is 237 cm³/mol. The molecule has 57 heavy (non-hydrogen) atoms.